The first-order valence-electron chi connectivity index (χ1n) is 6.29. The molecule has 96 valence electrons. The Morgan fingerprint density at radius 3 is 2.56 bits per heavy atom. The van der Waals surface area contributed by atoms with E-state index in [0.717, 1.165) is 18.7 Å². The van der Waals surface area contributed by atoms with Gasteiger partial charge in [0, 0.05) is 12.5 Å². The van der Waals surface area contributed by atoms with Crippen LogP contribution in [0.15, 0.2) is 34.9 Å². The minimum atomic E-state index is 0.0208. The third kappa shape index (κ3) is 3.17. The summed E-state index contributed by atoms with van der Waals surface area (Å²) in [6.07, 6.45) is 1.71. The van der Waals surface area contributed by atoms with Gasteiger partial charge in [-0.1, -0.05) is 42.4 Å². The van der Waals surface area contributed by atoms with Crippen molar-refractivity contribution in [1.29, 1.82) is 0 Å². The lowest BCUT2D eigenvalue weighted by atomic mass is 10.1. The summed E-state index contributed by atoms with van der Waals surface area (Å²) >= 11 is 0. The molecule has 0 aliphatic rings. The van der Waals surface area contributed by atoms with E-state index in [0.29, 0.717) is 5.89 Å². The van der Waals surface area contributed by atoms with Gasteiger partial charge in [0.05, 0.1) is 5.92 Å². The van der Waals surface area contributed by atoms with Crippen molar-refractivity contribution in [2.24, 2.45) is 5.73 Å². The molecule has 0 amide bonds. The zero-order valence-corrected chi connectivity index (χ0v) is 10.8. The molecule has 0 aliphatic heterocycles. The van der Waals surface area contributed by atoms with Gasteiger partial charge < -0.3 is 10.3 Å². The standard InChI is InChI=1S/C14H19N3O/c1-10(11(2)15)14-16-13(17-18-14)9-8-12-6-4-3-5-7-12/h3-7,10-11H,8-9,15H2,1-2H3. The van der Waals surface area contributed by atoms with Crippen molar-refractivity contribution in [3.8, 4) is 0 Å². The topological polar surface area (TPSA) is 64.9 Å². The third-order valence-corrected chi connectivity index (χ3v) is 3.14. The van der Waals surface area contributed by atoms with Crippen LogP contribution in [0.2, 0.25) is 0 Å². The van der Waals surface area contributed by atoms with Crippen LogP contribution in [0.3, 0.4) is 0 Å². The van der Waals surface area contributed by atoms with E-state index in [9.17, 15) is 0 Å². The number of hydrogen-bond acceptors (Lipinski definition) is 4. The van der Waals surface area contributed by atoms with Gasteiger partial charge in [-0.05, 0) is 18.9 Å². The summed E-state index contributed by atoms with van der Waals surface area (Å²) in [6.45, 7) is 3.94. The lowest BCUT2D eigenvalue weighted by molar-refractivity contribution is 0.343. The molecule has 0 bridgehead atoms. The van der Waals surface area contributed by atoms with Gasteiger partial charge in [-0.2, -0.15) is 4.98 Å². The van der Waals surface area contributed by atoms with Crippen LogP contribution in [-0.2, 0) is 12.8 Å². The van der Waals surface area contributed by atoms with Gasteiger partial charge in [0.15, 0.2) is 5.82 Å². The first-order chi connectivity index (χ1) is 8.66. The molecule has 2 N–H and O–H groups in total. The van der Waals surface area contributed by atoms with Gasteiger partial charge in [0.25, 0.3) is 0 Å². The Bertz CT molecular complexity index is 479. The molecule has 4 nitrogen and oxygen atoms in total. The molecular formula is C14H19N3O. The molecule has 0 fully saturated rings. The van der Waals surface area contributed by atoms with Crippen molar-refractivity contribution >= 4 is 0 Å². The van der Waals surface area contributed by atoms with E-state index in [4.69, 9.17) is 10.3 Å². The summed E-state index contributed by atoms with van der Waals surface area (Å²) in [5.74, 6) is 1.48. The zero-order valence-electron chi connectivity index (χ0n) is 10.8. The number of benzene rings is 1. The van der Waals surface area contributed by atoms with Gasteiger partial charge in [0.1, 0.15) is 0 Å². The van der Waals surface area contributed by atoms with E-state index in [1.807, 2.05) is 32.0 Å². The van der Waals surface area contributed by atoms with Crippen molar-refractivity contribution in [2.75, 3.05) is 0 Å². The van der Waals surface area contributed by atoms with Crippen LogP contribution in [0.5, 0.6) is 0 Å². The molecule has 4 heteroatoms. The average Bonchev–Trinajstić information content (AvgIpc) is 2.85. The van der Waals surface area contributed by atoms with Crippen LogP contribution in [-0.4, -0.2) is 16.2 Å². The highest BCUT2D eigenvalue weighted by molar-refractivity contribution is 5.15. The summed E-state index contributed by atoms with van der Waals surface area (Å²) < 4.78 is 5.24. The van der Waals surface area contributed by atoms with Crippen LogP contribution < -0.4 is 5.73 Å². The number of rotatable bonds is 5. The normalized spacial score (nSPS) is 14.4. The van der Waals surface area contributed by atoms with Crippen LogP contribution in [0.1, 0.15) is 37.0 Å². The van der Waals surface area contributed by atoms with Crippen molar-refractivity contribution in [2.45, 2.75) is 38.6 Å². The predicted octanol–water partition coefficient (Wildman–Crippen LogP) is 2.31. The molecule has 18 heavy (non-hydrogen) atoms. The summed E-state index contributed by atoms with van der Waals surface area (Å²) in [5, 5.41) is 3.99. The molecule has 1 aromatic heterocycles. The average molecular weight is 245 g/mol. The number of nitrogens with two attached hydrogens (primary N) is 1. The van der Waals surface area contributed by atoms with Crippen LogP contribution in [0.25, 0.3) is 0 Å². The van der Waals surface area contributed by atoms with Gasteiger partial charge in [-0.3, -0.25) is 0 Å². The predicted molar refractivity (Wildman–Crippen MR) is 70.2 cm³/mol. The molecule has 0 saturated carbocycles. The van der Waals surface area contributed by atoms with E-state index in [-0.39, 0.29) is 12.0 Å². The van der Waals surface area contributed by atoms with E-state index in [1.165, 1.54) is 5.56 Å². The summed E-state index contributed by atoms with van der Waals surface area (Å²) in [5.41, 5.74) is 7.10. The fraction of sp³-hybridized carbons (Fsp3) is 0.429. The maximum Gasteiger partial charge on any atom is 0.231 e. The highest BCUT2D eigenvalue weighted by Crippen LogP contribution is 2.16. The molecule has 0 aliphatic carbocycles. The minimum Gasteiger partial charge on any atom is -0.339 e. The second-order valence-electron chi connectivity index (χ2n) is 4.68. The number of hydrogen-bond donors (Lipinski definition) is 1. The summed E-state index contributed by atoms with van der Waals surface area (Å²) in [4.78, 5) is 4.39. The second-order valence-corrected chi connectivity index (χ2v) is 4.68. The van der Waals surface area contributed by atoms with E-state index in [1.54, 1.807) is 0 Å². The maximum absolute atomic E-state index is 5.81. The molecule has 0 saturated heterocycles. The highest BCUT2D eigenvalue weighted by atomic mass is 16.5. The molecule has 2 unspecified atom stereocenters. The first-order valence-corrected chi connectivity index (χ1v) is 6.29. The fourth-order valence-electron chi connectivity index (χ4n) is 1.68. The number of aryl methyl sites for hydroxylation is 2. The Labute approximate surface area is 107 Å². The van der Waals surface area contributed by atoms with Crippen LogP contribution >= 0.6 is 0 Å². The van der Waals surface area contributed by atoms with E-state index in [2.05, 4.69) is 22.3 Å². The van der Waals surface area contributed by atoms with Crippen molar-refractivity contribution < 1.29 is 4.52 Å². The van der Waals surface area contributed by atoms with Crippen LogP contribution in [0.4, 0.5) is 0 Å². The largest absolute Gasteiger partial charge is 0.339 e. The Morgan fingerprint density at radius 1 is 1.17 bits per heavy atom. The van der Waals surface area contributed by atoms with Gasteiger partial charge in [-0.25, -0.2) is 0 Å². The van der Waals surface area contributed by atoms with Gasteiger partial charge >= 0.3 is 0 Å². The van der Waals surface area contributed by atoms with Gasteiger partial charge in [0.2, 0.25) is 5.89 Å². The minimum absolute atomic E-state index is 0.0208. The molecule has 2 atom stereocenters. The quantitative estimate of drug-likeness (QED) is 0.877. The summed E-state index contributed by atoms with van der Waals surface area (Å²) in [7, 11) is 0. The lowest BCUT2D eigenvalue weighted by Crippen LogP contribution is -2.22. The monoisotopic (exact) mass is 245 g/mol. The van der Waals surface area contributed by atoms with Gasteiger partial charge in [-0.15, -0.1) is 0 Å². The Morgan fingerprint density at radius 2 is 1.89 bits per heavy atom. The molecule has 1 heterocycles. The van der Waals surface area contributed by atoms with Crippen LogP contribution in [0, 0.1) is 0 Å². The third-order valence-electron chi connectivity index (χ3n) is 3.14. The summed E-state index contributed by atoms with van der Waals surface area (Å²) in [6, 6.07) is 10.3. The molecule has 0 spiro atoms. The van der Waals surface area contributed by atoms with Crippen molar-refractivity contribution in [3.05, 3.63) is 47.6 Å². The Hall–Kier alpha value is -1.68. The highest BCUT2D eigenvalue weighted by Gasteiger charge is 2.17. The maximum atomic E-state index is 5.81. The number of aromatic nitrogens is 2. The Kier molecular flexibility index (Phi) is 4.10. The number of nitrogens with zero attached hydrogens (tertiary/aromatic N) is 2. The fourth-order valence-corrected chi connectivity index (χ4v) is 1.68. The van der Waals surface area contributed by atoms with E-state index < -0.39 is 0 Å². The van der Waals surface area contributed by atoms with Crippen molar-refractivity contribution in [3.63, 3.8) is 0 Å². The molecular weight excluding hydrogens is 226 g/mol. The zero-order chi connectivity index (χ0) is 13.0. The molecule has 2 aromatic rings. The lowest BCUT2D eigenvalue weighted by Gasteiger charge is -2.09. The molecule has 2 rings (SSSR count). The molecule has 1 aromatic carbocycles. The Balaban J connectivity index is 1.95. The second kappa shape index (κ2) is 5.78. The SMILES string of the molecule is CC(N)C(C)c1nc(CCc2ccccc2)no1. The van der Waals surface area contributed by atoms with Crippen molar-refractivity contribution in [1.82, 2.24) is 10.1 Å². The smallest absolute Gasteiger partial charge is 0.231 e. The molecule has 0 radical (unpaired) electrons. The van der Waals surface area contributed by atoms with E-state index >= 15 is 0 Å². The first kappa shape index (κ1) is 12.8.